The van der Waals surface area contributed by atoms with Gasteiger partial charge in [0.25, 0.3) is 0 Å². The van der Waals surface area contributed by atoms with E-state index in [9.17, 15) is 27.9 Å². The van der Waals surface area contributed by atoms with E-state index < -0.39 is 35.3 Å². The number of carbonyl (C=O) groups is 2. The van der Waals surface area contributed by atoms with Crippen LogP contribution >= 0.6 is 22.7 Å². The normalized spacial score (nSPS) is 15.0. The number of carboxylic acid groups (broad SMARTS) is 1. The number of nitrogens with zero attached hydrogens (tertiary/aromatic N) is 2. The number of fused-ring (bicyclic) bond motifs is 1. The molecular formula is C30H24F3N3O4S2. The molecule has 0 bridgehead atoms. The zero-order valence-corrected chi connectivity index (χ0v) is 24.0. The Morgan fingerprint density at radius 3 is 2.36 bits per heavy atom. The predicted molar refractivity (Wildman–Crippen MR) is 156 cm³/mol. The number of ether oxygens (including phenoxy) is 1. The molecule has 216 valence electrons. The Bertz CT molecular complexity index is 1790. The van der Waals surface area contributed by atoms with E-state index in [-0.39, 0.29) is 18.4 Å². The summed E-state index contributed by atoms with van der Waals surface area (Å²) >= 11 is 2.77. The Morgan fingerprint density at radius 2 is 1.71 bits per heavy atom. The SMILES string of the molecule is CC(OC(=O)Nc1c(-c2cc3sc(-c4ccc(C5(C(=O)O)CC5)c(C(F)(F)F)c4)cc3s2)cnn1C)c1ccccc1. The molecule has 7 nitrogen and oxygen atoms in total. The van der Waals surface area contributed by atoms with Crippen molar-refractivity contribution in [1.82, 2.24) is 9.78 Å². The van der Waals surface area contributed by atoms with Crippen LogP contribution < -0.4 is 5.32 Å². The number of rotatable bonds is 7. The maximum absolute atomic E-state index is 14.0. The molecule has 0 spiro atoms. The van der Waals surface area contributed by atoms with Crippen LogP contribution in [-0.4, -0.2) is 26.9 Å². The van der Waals surface area contributed by atoms with Crippen molar-refractivity contribution in [3.63, 3.8) is 0 Å². The number of alkyl halides is 3. The molecule has 1 atom stereocenters. The van der Waals surface area contributed by atoms with Gasteiger partial charge in [-0.05, 0) is 54.7 Å². The van der Waals surface area contributed by atoms with Crippen molar-refractivity contribution in [2.75, 3.05) is 5.32 Å². The number of aryl methyl sites for hydroxylation is 1. The fraction of sp³-hybridized carbons (Fsp3) is 0.233. The fourth-order valence-corrected chi connectivity index (χ4v) is 7.43. The number of halogens is 3. The van der Waals surface area contributed by atoms with Gasteiger partial charge in [0.05, 0.1) is 22.7 Å². The summed E-state index contributed by atoms with van der Waals surface area (Å²) in [7, 11) is 1.70. The summed E-state index contributed by atoms with van der Waals surface area (Å²) < 4.78 is 50.8. The number of nitrogens with one attached hydrogen (secondary N) is 1. The Hall–Kier alpha value is -4.16. The van der Waals surface area contributed by atoms with Gasteiger partial charge in [0.15, 0.2) is 0 Å². The van der Waals surface area contributed by atoms with Gasteiger partial charge in [-0.1, -0.05) is 42.5 Å². The van der Waals surface area contributed by atoms with E-state index in [4.69, 9.17) is 4.74 Å². The number of benzene rings is 2. The highest BCUT2D eigenvalue weighted by molar-refractivity contribution is 7.31. The lowest BCUT2D eigenvalue weighted by molar-refractivity contribution is -0.142. The Morgan fingerprint density at radius 1 is 1.05 bits per heavy atom. The minimum atomic E-state index is -4.68. The van der Waals surface area contributed by atoms with Gasteiger partial charge >= 0.3 is 18.2 Å². The van der Waals surface area contributed by atoms with E-state index in [1.165, 1.54) is 33.4 Å². The first-order chi connectivity index (χ1) is 20.0. The van der Waals surface area contributed by atoms with Gasteiger partial charge in [-0.25, -0.2) is 4.79 Å². The lowest BCUT2D eigenvalue weighted by Crippen LogP contribution is -2.24. The molecule has 6 rings (SSSR count). The molecule has 5 aromatic rings. The third-order valence-electron chi connectivity index (χ3n) is 7.47. The lowest BCUT2D eigenvalue weighted by atomic mass is 9.89. The van der Waals surface area contributed by atoms with E-state index in [0.717, 1.165) is 25.9 Å². The summed E-state index contributed by atoms with van der Waals surface area (Å²) in [6.07, 6.45) is -3.75. The molecule has 1 unspecified atom stereocenters. The van der Waals surface area contributed by atoms with Crippen molar-refractivity contribution in [3.8, 4) is 20.9 Å². The monoisotopic (exact) mass is 611 g/mol. The number of anilines is 1. The van der Waals surface area contributed by atoms with E-state index in [2.05, 4.69) is 10.4 Å². The molecular weight excluding hydrogens is 587 g/mol. The summed E-state index contributed by atoms with van der Waals surface area (Å²) in [5.74, 6) is -0.777. The molecule has 42 heavy (non-hydrogen) atoms. The Kier molecular flexibility index (Phi) is 6.85. The van der Waals surface area contributed by atoms with E-state index in [1.807, 2.05) is 42.5 Å². The maximum atomic E-state index is 14.0. The summed E-state index contributed by atoms with van der Waals surface area (Å²) in [6.45, 7) is 1.78. The second-order valence-electron chi connectivity index (χ2n) is 10.2. The van der Waals surface area contributed by atoms with Crippen molar-refractivity contribution >= 4 is 50.0 Å². The van der Waals surface area contributed by atoms with Gasteiger partial charge in [-0.2, -0.15) is 18.3 Å². The van der Waals surface area contributed by atoms with Gasteiger partial charge in [0.2, 0.25) is 0 Å². The number of thiophene rings is 2. The topological polar surface area (TPSA) is 93.4 Å². The van der Waals surface area contributed by atoms with Crippen LogP contribution in [0.1, 0.15) is 42.6 Å². The van der Waals surface area contributed by atoms with Gasteiger partial charge in [0.1, 0.15) is 11.9 Å². The summed E-state index contributed by atoms with van der Waals surface area (Å²) in [4.78, 5) is 25.9. The zero-order chi connectivity index (χ0) is 29.8. The number of carboxylic acids is 1. The second-order valence-corrected chi connectivity index (χ2v) is 12.4. The minimum absolute atomic E-state index is 0.180. The smallest absolute Gasteiger partial charge is 0.416 e. The number of carbonyl (C=O) groups excluding carboxylic acids is 1. The first kappa shape index (κ1) is 28.0. The quantitative estimate of drug-likeness (QED) is 0.193. The number of aliphatic carboxylic acids is 1. The highest BCUT2D eigenvalue weighted by Gasteiger charge is 2.55. The van der Waals surface area contributed by atoms with Crippen molar-refractivity contribution in [1.29, 1.82) is 0 Å². The molecule has 0 aliphatic heterocycles. The number of hydrogen-bond acceptors (Lipinski definition) is 6. The van der Waals surface area contributed by atoms with Crippen LogP contribution in [0.2, 0.25) is 0 Å². The molecule has 2 N–H and O–H groups in total. The standard InChI is InChI=1S/C30H24F3N3O4S2/c1-16(17-6-4-3-5-7-17)40-28(39)35-26-19(15-34-36(26)2)23-14-25-24(42-23)13-22(41-25)18-8-9-20(21(12-18)30(31,32)33)29(10-11-29)27(37)38/h3-9,12-16H,10-11H2,1-2H3,(H,35,39)(H,37,38). The average Bonchev–Trinajstić information content (AvgIpc) is 3.36. The van der Waals surface area contributed by atoms with Crippen molar-refractivity contribution in [2.45, 2.75) is 37.5 Å². The predicted octanol–water partition coefficient (Wildman–Crippen LogP) is 8.48. The highest BCUT2D eigenvalue weighted by atomic mass is 32.1. The van der Waals surface area contributed by atoms with Crippen LogP contribution in [0.5, 0.6) is 0 Å². The van der Waals surface area contributed by atoms with E-state index in [1.54, 1.807) is 26.2 Å². The van der Waals surface area contributed by atoms with Gasteiger partial charge in [-0.15, -0.1) is 22.7 Å². The average molecular weight is 612 g/mol. The van der Waals surface area contributed by atoms with Crippen molar-refractivity contribution in [2.24, 2.45) is 7.05 Å². The molecule has 3 aromatic heterocycles. The third-order valence-corrected chi connectivity index (χ3v) is 9.84. The van der Waals surface area contributed by atoms with E-state index in [0.29, 0.717) is 21.8 Å². The van der Waals surface area contributed by atoms with Crippen LogP contribution in [0.4, 0.5) is 23.8 Å². The molecule has 1 amide bonds. The van der Waals surface area contributed by atoms with Gasteiger partial charge in [-0.3, -0.25) is 14.8 Å². The highest BCUT2D eigenvalue weighted by Crippen LogP contribution is 2.53. The molecule has 2 aromatic carbocycles. The van der Waals surface area contributed by atoms with Gasteiger partial charge < -0.3 is 9.84 Å². The first-order valence-electron chi connectivity index (χ1n) is 13.0. The zero-order valence-electron chi connectivity index (χ0n) is 22.4. The van der Waals surface area contributed by atoms with Gasteiger partial charge in [0, 0.05) is 26.2 Å². The fourth-order valence-electron chi connectivity index (χ4n) is 5.03. The van der Waals surface area contributed by atoms with Crippen molar-refractivity contribution < 1.29 is 32.6 Å². The molecule has 12 heteroatoms. The summed E-state index contributed by atoms with van der Waals surface area (Å²) in [6, 6.07) is 17.0. The summed E-state index contributed by atoms with van der Waals surface area (Å²) in [5.41, 5.74) is -0.629. The van der Waals surface area contributed by atoms with Crippen LogP contribution in [0.25, 0.3) is 30.3 Å². The van der Waals surface area contributed by atoms with Crippen molar-refractivity contribution in [3.05, 3.63) is 83.6 Å². The maximum Gasteiger partial charge on any atom is 0.416 e. The van der Waals surface area contributed by atoms with Crippen LogP contribution in [0.15, 0.2) is 66.9 Å². The second kappa shape index (κ2) is 10.3. The molecule has 3 heterocycles. The number of aromatic nitrogens is 2. The minimum Gasteiger partial charge on any atom is -0.481 e. The van der Waals surface area contributed by atoms with Crippen LogP contribution in [0, 0.1) is 0 Å². The largest absolute Gasteiger partial charge is 0.481 e. The van der Waals surface area contributed by atoms with Crippen LogP contribution in [0.3, 0.4) is 0 Å². The molecule has 0 radical (unpaired) electrons. The Balaban J connectivity index is 1.26. The molecule has 0 saturated heterocycles. The first-order valence-corrected chi connectivity index (χ1v) is 14.6. The Labute approximate surface area is 246 Å². The van der Waals surface area contributed by atoms with E-state index >= 15 is 0 Å². The molecule has 1 saturated carbocycles. The molecule has 1 fully saturated rings. The third kappa shape index (κ3) is 5.05. The number of amides is 1. The lowest BCUT2D eigenvalue weighted by Gasteiger charge is -2.18. The molecule has 1 aliphatic rings. The molecule has 1 aliphatic carbocycles. The van der Waals surface area contributed by atoms with Crippen LogP contribution in [-0.2, 0) is 28.2 Å². The number of hydrogen-bond donors (Lipinski definition) is 2. The summed E-state index contributed by atoms with van der Waals surface area (Å²) in [5, 5.41) is 16.6.